The van der Waals surface area contributed by atoms with E-state index in [1.54, 1.807) is 48.5 Å². The van der Waals surface area contributed by atoms with Crippen molar-refractivity contribution in [3.8, 4) is 0 Å². The number of hydrogen-bond acceptors (Lipinski definition) is 5. The normalized spacial score (nSPS) is 11.4. The van der Waals surface area contributed by atoms with Crippen molar-refractivity contribution < 1.29 is 23.9 Å². The minimum Gasteiger partial charge on any atom is -0.456 e. The number of amides is 2. The van der Waals surface area contributed by atoms with E-state index in [9.17, 15) is 14.4 Å². The summed E-state index contributed by atoms with van der Waals surface area (Å²) in [6.07, 6.45) is -0.133. The van der Waals surface area contributed by atoms with Crippen LogP contribution >= 0.6 is 11.6 Å². The average molecular weight is 419 g/mol. The predicted molar refractivity (Wildman–Crippen MR) is 109 cm³/mol. The maximum atomic E-state index is 12.6. The van der Waals surface area contributed by atoms with E-state index < -0.39 is 30.4 Å². The van der Waals surface area contributed by atoms with E-state index in [1.165, 1.54) is 7.11 Å². The molecule has 0 aliphatic rings. The highest BCUT2D eigenvalue weighted by Gasteiger charge is 2.21. The molecule has 0 radical (unpaired) electrons. The third kappa shape index (κ3) is 7.56. The molecule has 8 heteroatoms. The first kappa shape index (κ1) is 22.4. The van der Waals surface area contributed by atoms with Gasteiger partial charge in [0, 0.05) is 13.7 Å². The highest BCUT2D eigenvalue weighted by atomic mass is 35.5. The molecule has 0 saturated heterocycles. The molecule has 2 rings (SSSR count). The Bertz CT molecular complexity index is 829. The van der Waals surface area contributed by atoms with Crippen LogP contribution in [-0.2, 0) is 19.1 Å². The third-order valence-corrected chi connectivity index (χ3v) is 4.32. The molecular weight excluding hydrogens is 396 g/mol. The average Bonchev–Trinajstić information content (AvgIpc) is 2.73. The maximum absolute atomic E-state index is 12.6. The summed E-state index contributed by atoms with van der Waals surface area (Å²) in [5, 5.41) is 5.68. The fraction of sp³-hybridized carbons (Fsp3) is 0.286. The summed E-state index contributed by atoms with van der Waals surface area (Å²) < 4.78 is 9.86. The van der Waals surface area contributed by atoms with Gasteiger partial charge in [0.15, 0.2) is 6.61 Å². The van der Waals surface area contributed by atoms with Crippen molar-refractivity contribution in [1.82, 2.24) is 10.6 Å². The van der Waals surface area contributed by atoms with Gasteiger partial charge in [-0.05, 0) is 17.7 Å². The highest BCUT2D eigenvalue weighted by molar-refractivity contribution is 6.33. The number of halogens is 1. The first-order valence-corrected chi connectivity index (χ1v) is 9.40. The van der Waals surface area contributed by atoms with Crippen LogP contribution in [0.25, 0.3) is 0 Å². The first-order valence-electron chi connectivity index (χ1n) is 9.03. The molecule has 2 aromatic carbocycles. The van der Waals surface area contributed by atoms with E-state index in [0.717, 1.165) is 5.56 Å². The second-order valence-electron chi connectivity index (χ2n) is 6.12. The van der Waals surface area contributed by atoms with Crippen molar-refractivity contribution in [2.24, 2.45) is 0 Å². The molecule has 2 amide bonds. The Morgan fingerprint density at radius 3 is 2.41 bits per heavy atom. The number of benzene rings is 2. The molecule has 0 heterocycles. The molecule has 29 heavy (non-hydrogen) atoms. The summed E-state index contributed by atoms with van der Waals surface area (Å²) in [4.78, 5) is 36.5. The number of methoxy groups -OCH3 is 1. The lowest BCUT2D eigenvalue weighted by molar-refractivity contribution is -0.149. The van der Waals surface area contributed by atoms with Gasteiger partial charge in [0.2, 0.25) is 0 Å². The Morgan fingerprint density at radius 2 is 1.72 bits per heavy atom. The molecule has 0 unspecified atom stereocenters. The summed E-state index contributed by atoms with van der Waals surface area (Å²) >= 11 is 6.09. The Hall–Kier alpha value is -2.90. The van der Waals surface area contributed by atoms with E-state index in [-0.39, 0.29) is 6.42 Å². The van der Waals surface area contributed by atoms with Gasteiger partial charge in [-0.15, -0.1) is 0 Å². The van der Waals surface area contributed by atoms with Crippen molar-refractivity contribution in [3.05, 3.63) is 70.7 Å². The molecule has 0 aliphatic heterocycles. The summed E-state index contributed by atoms with van der Waals surface area (Å²) in [5.74, 6) is -1.44. The van der Waals surface area contributed by atoms with Crippen LogP contribution in [0, 0.1) is 0 Å². The van der Waals surface area contributed by atoms with Gasteiger partial charge in [0.1, 0.15) is 0 Å². The topological polar surface area (TPSA) is 93.7 Å². The van der Waals surface area contributed by atoms with Gasteiger partial charge in [-0.3, -0.25) is 14.4 Å². The zero-order valence-corrected chi connectivity index (χ0v) is 16.8. The van der Waals surface area contributed by atoms with Crippen LogP contribution in [0.2, 0.25) is 5.02 Å². The van der Waals surface area contributed by atoms with E-state index in [1.807, 2.05) is 6.07 Å². The zero-order chi connectivity index (χ0) is 21.1. The lowest BCUT2D eigenvalue weighted by Gasteiger charge is -2.19. The van der Waals surface area contributed by atoms with E-state index >= 15 is 0 Å². The SMILES string of the molecule is COCCNC(=O)COC(=O)C[C@H](NC(=O)c1ccccc1Cl)c1ccccc1. The van der Waals surface area contributed by atoms with Crippen molar-refractivity contribution in [2.75, 3.05) is 26.9 Å². The molecule has 0 aliphatic carbocycles. The number of carbonyl (C=O) groups is 3. The molecule has 0 spiro atoms. The van der Waals surface area contributed by atoms with Crippen LogP contribution in [0.4, 0.5) is 0 Å². The van der Waals surface area contributed by atoms with E-state index in [0.29, 0.717) is 23.7 Å². The molecule has 2 aromatic rings. The predicted octanol–water partition coefficient (Wildman–Crippen LogP) is 2.51. The lowest BCUT2D eigenvalue weighted by Crippen LogP contribution is -2.33. The minimum atomic E-state index is -0.635. The van der Waals surface area contributed by atoms with Gasteiger partial charge in [0.05, 0.1) is 29.7 Å². The quantitative estimate of drug-likeness (QED) is 0.456. The zero-order valence-electron chi connectivity index (χ0n) is 16.0. The number of carbonyl (C=O) groups excluding carboxylic acids is 3. The molecule has 7 nitrogen and oxygen atoms in total. The van der Waals surface area contributed by atoms with Crippen LogP contribution in [0.3, 0.4) is 0 Å². The van der Waals surface area contributed by atoms with Gasteiger partial charge in [-0.2, -0.15) is 0 Å². The number of rotatable bonds is 10. The lowest BCUT2D eigenvalue weighted by atomic mass is 10.0. The van der Waals surface area contributed by atoms with Gasteiger partial charge in [0.25, 0.3) is 11.8 Å². The third-order valence-electron chi connectivity index (χ3n) is 3.99. The first-order chi connectivity index (χ1) is 14.0. The van der Waals surface area contributed by atoms with Gasteiger partial charge in [-0.1, -0.05) is 54.1 Å². The minimum absolute atomic E-state index is 0.133. The van der Waals surface area contributed by atoms with Crippen molar-refractivity contribution in [3.63, 3.8) is 0 Å². The molecule has 0 bridgehead atoms. The number of esters is 1. The van der Waals surface area contributed by atoms with Crippen molar-refractivity contribution in [2.45, 2.75) is 12.5 Å². The molecule has 0 aromatic heterocycles. The standard InChI is InChI=1S/C21H23ClN2O5/c1-28-12-11-23-19(25)14-29-20(26)13-18(15-7-3-2-4-8-15)24-21(27)16-9-5-6-10-17(16)22/h2-10,18H,11-14H2,1H3,(H,23,25)(H,24,27)/t18-/m0/s1. The summed E-state index contributed by atoms with van der Waals surface area (Å²) in [6.45, 7) is 0.291. The monoisotopic (exact) mass is 418 g/mol. The Balaban J connectivity index is 2.00. The molecule has 0 fully saturated rings. The van der Waals surface area contributed by atoms with E-state index in [2.05, 4.69) is 10.6 Å². The summed E-state index contributed by atoms with van der Waals surface area (Å²) in [5.41, 5.74) is 1.04. The maximum Gasteiger partial charge on any atom is 0.308 e. The van der Waals surface area contributed by atoms with Crippen LogP contribution in [0.1, 0.15) is 28.4 Å². The van der Waals surface area contributed by atoms with Crippen LogP contribution < -0.4 is 10.6 Å². The van der Waals surface area contributed by atoms with Crippen LogP contribution in [0.5, 0.6) is 0 Å². The summed E-state index contributed by atoms with van der Waals surface area (Å²) in [7, 11) is 1.52. The number of hydrogen-bond donors (Lipinski definition) is 2. The van der Waals surface area contributed by atoms with Gasteiger partial charge < -0.3 is 20.1 Å². The molecule has 2 N–H and O–H groups in total. The van der Waals surface area contributed by atoms with Crippen molar-refractivity contribution >= 4 is 29.4 Å². The largest absolute Gasteiger partial charge is 0.456 e. The second kappa shape index (κ2) is 11.8. The molecular formula is C21H23ClN2O5. The number of nitrogens with one attached hydrogen (secondary N) is 2. The molecule has 154 valence electrons. The molecule has 0 saturated carbocycles. The fourth-order valence-electron chi connectivity index (χ4n) is 2.53. The number of ether oxygens (including phenoxy) is 2. The molecule has 1 atom stereocenters. The summed E-state index contributed by atoms with van der Waals surface area (Å²) in [6, 6.07) is 15.0. The Kier molecular flexibility index (Phi) is 9.14. The highest BCUT2D eigenvalue weighted by Crippen LogP contribution is 2.20. The van der Waals surface area contributed by atoms with Gasteiger partial charge >= 0.3 is 5.97 Å². The fourth-order valence-corrected chi connectivity index (χ4v) is 2.76. The Morgan fingerprint density at radius 1 is 1.03 bits per heavy atom. The van der Waals surface area contributed by atoms with Crippen LogP contribution in [0.15, 0.2) is 54.6 Å². The van der Waals surface area contributed by atoms with Crippen LogP contribution in [-0.4, -0.2) is 44.7 Å². The van der Waals surface area contributed by atoms with Gasteiger partial charge in [-0.25, -0.2) is 0 Å². The Labute approximate surface area is 174 Å². The second-order valence-corrected chi connectivity index (χ2v) is 6.53. The van der Waals surface area contributed by atoms with Crippen molar-refractivity contribution in [1.29, 1.82) is 0 Å². The smallest absolute Gasteiger partial charge is 0.308 e. The van der Waals surface area contributed by atoms with E-state index in [4.69, 9.17) is 21.1 Å².